The highest BCUT2D eigenvalue weighted by Crippen LogP contribution is 2.30. The summed E-state index contributed by atoms with van der Waals surface area (Å²) in [6.07, 6.45) is 3.38. The first-order valence-electron chi connectivity index (χ1n) is 10.9. The number of para-hydroxylation sites is 1. The van der Waals surface area contributed by atoms with Crippen molar-refractivity contribution in [3.8, 4) is 22.6 Å². The third kappa shape index (κ3) is 4.46. The summed E-state index contributed by atoms with van der Waals surface area (Å²) >= 11 is 0. The molecule has 0 amide bonds. The van der Waals surface area contributed by atoms with E-state index in [0.29, 0.717) is 6.10 Å². The Bertz CT molecular complexity index is 1130. The highest BCUT2D eigenvalue weighted by Gasteiger charge is 2.15. The Kier molecular flexibility index (Phi) is 6.59. The fraction of sp³-hybridized carbons (Fsp3) is 0.269. The molecule has 1 saturated heterocycles. The number of nitrogens with zero attached hydrogens (tertiary/aromatic N) is 2. The Morgan fingerprint density at radius 2 is 1.65 bits per heavy atom. The van der Waals surface area contributed by atoms with Crippen molar-refractivity contribution < 1.29 is 4.74 Å². The lowest BCUT2D eigenvalue weighted by Crippen LogP contribution is -2.34. The minimum Gasteiger partial charge on any atom is -0.490 e. The van der Waals surface area contributed by atoms with Crippen LogP contribution in [0.1, 0.15) is 25.5 Å². The van der Waals surface area contributed by atoms with Crippen molar-refractivity contribution in [1.82, 2.24) is 15.1 Å². The maximum Gasteiger partial charge on any atom is 0.119 e. The van der Waals surface area contributed by atoms with E-state index in [4.69, 9.17) is 9.84 Å². The van der Waals surface area contributed by atoms with Gasteiger partial charge >= 0.3 is 0 Å². The number of hydrogen-bond donors (Lipinski definition) is 1. The number of nitrogens with one attached hydrogen (secondary N) is 1. The number of piperidine rings is 1. The van der Waals surface area contributed by atoms with Crippen LogP contribution in [-0.4, -0.2) is 29.0 Å². The van der Waals surface area contributed by atoms with Crippen LogP contribution in [0.3, 0.4) is 0 Å². The van der Waals surface area contributed by atoms with Crippen LogP contribution in [0.15, 0.2) is 72.8 Å². The van der Waals surface area contributed by atoms with Gasteiger partial charge < -0.3 is 10.1 Å². The van der Waals surface area contributed by atoms with Crippen LogP contribution in [0.2, 0.25) is 0 Å². The summed E-state index contributed by atoms with van der Waals surface area (Å²) in [6, 6.07) is 25.5. The molecule has 0 spiro atoms. The summed E-state index contributed by atoms with van der Waals surface area (Å²) in [6.45, 7) is 4.24. The smallest absolute Gasteiger partial charge is 0.119 e. The SMILES string of the molecule is CCc1nn(-c2ccccc2)c2cc(-c3ccc(OC4CCNCC4)cc3)ccc12.Cl. The van der Waals surface area contributed by atoms with Gasteiger partial charge in [0.15, 0.2) is 0 Å². The van der Waals surface area contributed by atoms with E-state index >= 15 is 0 Å². The van der Waals surface area contributed by atoms with Gasteiger partial charge in [0.1, 0.15) is 11.9 Å². The first-order valence-corrected chi connectivity index (χ1v) is 10.9. The van der Waals surface area contributed by atoms with Gasteiger partial charge in [0.05, 0.1) is 16.9 Å². The van der Waals surface area contributed by atoms with Gasteiger partial charge in [-0.2, -0.15) is 5.10 Å². The highest BCUT2D eigenvalue weighted by molar-refractivity contribution is 5.88. The Morgan fingerprint density at radius 3 is 2.35 bits per heavy atom. The molecule has 3 aromatic carbocycles. The molecular formula is C26H28ClN3O. The topological polar surface area (TPSA) is 39.1 Å². The predicted octanol–water partition coefficient (Wildman–Crippen LogP) is 5.81. The van der Waals surface area contributed by atoms with Gasteiger partial charge in [-0.05, 0) is 73.8 Å². The minimum atomic E-state index is 0. The maximum absolute atomic E-state index is 6.16. The van der Waals surface area contributed by atoms with E-state index in [9.17, 15) is 0 Å². The molecule has 0 unspecified atom stereocenters. The molecule has 1 N–H and O–H groups in total. The van der Waals surface area contributed by atoms with Crippen LogP contribution < -0.4 is 10.1 Å². The Morgan fingerprint density at radius 1 is 0.935 bits per heavy atom. The first-order chi connectivity index (χ1) is 14.8. The Hall–Kier alpha value is -2.82. The molecule has 1 aliphatic rings. The summed E-state index contributed by atoms with van der Waals surface area (Å²) in [5.74, 6) is 0.953. The van der Waals surface area contributed by atoms with Crippen LogP contribution >= 0.6 is 12.4 Å². The molecule has 1 fully saturated rings. The zero-order chi connectivity index (χ0) is 20.3. The molecule has 2 heterocycles. The summed E-state index contributed by atoms with van der Waals surface area (Å²) < 4.78 is 8.22. The second-order valence-corrected chi connectivity index (χ2v) is 7.87. The molecule has 0 atom stereocenters. The Balaban J connectivity index is 0.00000231. The molecule has 160 valence electrons. The van der Waals surface area contributed by atoms with E-state index < -0.39 is 0 Å². The summed E-state index contributed by atoms with van der Waals surface area (Å²) in [4.78, 5) is 0. The molecule has 1 aromatic heterocycles. The lowest BCUT2D eigenvalue weighted by atomic mass is 10.0. The quantitative estimate of drug-likeness (QED) is 0.431. The number of hydrogen-bond acceptors (Lipinski definition) is 3. The lowest BCUT2D eigenvalue weighted by Gasteiger charge is -2.23. The summed E-state index contributed by atoms with van der Waals surface area (Å²) in [5, 5.41) is 9.48. The van der Waals surface area contributed by atoms with Gasteiger partial charge in [-0.15, -0.1) is 12.4 Å². The van der Waals surface area contributed by atoms with Gasteiger partial charge in [-0.25, -0.2) is 4.68 Å². The van der Waals surface area contributed by atoms with Gasteiger partial charge in [-0.1, -0.05) is 49.4 Å². The van der Waals surface area contributed by atoms with E-state index in [0.717, 1.165) is 55.0 Å². The highest BCUT2D eigenvalue weighted by atomic mass is 35.5. The largest absolute Gasteiger partial charge is 0.490 e. The van der Waals surface area contributed by atoms with Crippen LogP contribution in [0.25, 0.3) is 27.7 Å². The van der Waals surface area contributed by atoms with Gasteiger partial charge in [0.25, 0.3) is 0 Å². The standard InChI is InChI=1S/C26H27N3O.ClH/c1-2-25-24-13-10-20(18-26(24)29(28-25)21-6-4-3-5-7-21)19-8-11-22(12-9-19)30-23-14-16-27-17-15-23;/h3-13,18,23,27H,2,14-17H2,1H3;1H. The van der Waals surface area contributed by atoms with Crippen molar-refractivity contribution in [1.29, 1.82) is 0 Å². The number of aromatic nitrogens is 2. The second-order valence-electron chi connectivity index (χ2n) is 7.87. The molecule has 5 heteroatoms. The molecule has 4 aromatic rings. The van der Waals surface area contributed by atoms with E-state index in [-0.39, 0.29) is 12.4 Å². The first kappa shape index (κ1) is 21.4. The average Bonchev–Trinajstić information content (AvgIpc) is 3.19. The molecular weight excluding hydrogens is 406 g/mol. The number of rotatable bonds is 5. The van der Waals surface area contributed by atoms with Crippen molar-refractivity contribution in [2.24, 2.45) is 0 Å². The molecule has 5 rings (SSSR count). The van der Waals surface area contributed by atoms with Gasteiger partial charge in [0, 0.05) is 5.39 Å². The van der Waals surface area contributed by atoms with E-state index in [2.05, 4.69) is 83.7 Å². The van der Waals surface area contributed by atoms with Crippen molar-refractivity contribution in [3.05, 3.63) is 78.5 Å². The molecule has 31 heavy (non-hydrogen) atoms. The van der Waals surface area contributed by atoms with E-state index in [1.54, 1.807) is 0 Å². The number of ether oxygens (including phenoxy) is 1. The third-order valence-electron chi connectivity index (χ3n) is 5.87. The summed E-state index contributed by atoms with van der Waals surface area (Å²) in [7, 11) is 0. The van der Waals surface area contributed by atoms with Crippen molar-refractivity contribution in [3.63, 3.8) is 0 Å². The maximum atomic E-state index is 6.16. The fourth-order valence-corrected chi connectivity index (χ4v) is 4.22. The van der Waals surface area contributed by atoms with Crippen molar-refractivity contribution in [2.75, 3.05) is 13.1 Å². The molecule has 4 nitrogen and oxygen atoms in total. The minimum absolute atomic E-state index is 0. The van der Waals surface area contributed by atoms with E-state index in [1.807, 2.05) is 6.07 Å². The number of fused-ring (bicyclic) bond motifs is 1. The van der Waals surface area contributed by atoms with Crippen molar-refractivity contribution >= 4 is 23.3 Å². The number of benzene rings is 3. The molecule has 0 aliphatic carbocycles. The third-order valence-corrected chi connectivity index (χ3v) is 5.87. The molecule has 1 aliphatic heterocycles. The molecule has 0 bridgehead atoms. The zero-order valence-electron chi connectivity index (χ0n) is 17.8. The lowest BCUT2D eigenvalue weighted by molar-refractivity contribution is 0.162. The van der Waals surface area contributed by atoms with Crippen LogP contribution in [0, 0.1) is 0 Å². The van der Waals surface area contributed by atoms with E-state index in [1.165, 1.54) is 16.5 Å². The molecule has 0 radical (unpaired) electrons. The van der Waals surface area contributed by atoms with Crippen LogP contribution in [-0.2, 0) is 6.42 Å². The van der Waals surface area contributed by atoms with Gasteiger partial charge in [-0.3, -0.25) is 0 Å². The predicted molar refractivity (Wildman–Crippen MR) is 130 cm³/mol. The average molecular weight is 434 g/mol. The number of halogens is 1. The van der Waals surface area contributed by atoms with Gasteiger partial charge in [0.2, 0.25) is 0 Å². The summed E-state index contributed by atoms with van der Waals surface area (Å²) in [5.41, 5.74) is 5.74. The zero-order valence-corrected chi connectivity index (χ0v) is 18.6. The molecule has 0 saturated carbocycles. The fourth-order valence-electron chi connectivity index (χ4n) is 4.22. The second kappa shape index (κ2) is 9.54. The monoisotopic (exact) mass is 433 g/mol. The number of aryl methyl sites for hydroxylation is 1. The van der Waals surface area contributed by atoms with Crippen LogP contribution in [0.4, 0.5) is 0 Å². The Labute approximate surface area is 189 Å². The van der Waals surface area contributed by atoms with Crippen molar-refractivity contribution in [2.45, 2.75) is 32.3 Å². The van der Waals surface area contributed by atoms with Crippen LogP contribution in [0.5, 0.6) is 5.75 Å². The normalized spacial score (nSPS) is 14.4.